The minimum Gasteiger partial charge on any atom is -0.497 e. The van der Waals surface area contributed by atoms with Crippen molar-refractivity contribution in [2.45, 2.75) is 20.3 Å². The number of methoxy groups -OCH3 is 1. The van der Waals surface area contributed by atoms with Crippen LogP contribution in [0.1, 0.15) is 30.6 Å². The van der Waals surface area contributed by atoms with Crippen molar-refractivity contribution in [2.75, 3.05) is 20.2 Å². The fraction of sp³-hybridized carbons (Fsp3) is 0.500. The summed E-state index contributed by atoms with van der Waals surface area (Å²) in [4.78, 5) is 11.9. The van der Waals surface area contributed by atoms with Crippen molar-refractivity contribution in [3.63, 3.8) is 0 Å². The zero-order chi connectivity index (χ0) is 13.6. The number of nitrogens with one attached hydrogen (secondary N) is 1. The second-order valence-electron chi connectivity index (χ2n) is 5.11. The molecule has 0 heterocycles. The Morgan fingerprint density at radius 1 is 1.33 bits per heavy atom. The Labute approximate surface area is 109 Å². The first-order chi connectivity index (χ1) is 8.48. The smallest absolute Gasteiger partial charge is 0.251 e. The fourth-order valence-corrected chi connectivity index (χ4v) is 1.64. The van der Waals surface area contributed by atoms with Crippen LogP contribution in [0.5, 0.6) is 5.75 Å². The third-order valence-electron chi connectivity index (χ3n) is 2.90. The van der Waals surface area contributed by atoms with E-state index in [-0.39, 0.29) is 11.3 Å². The molecule has 4 heteroatoms. The summed E-state index contributed by atoms with van der Waals surface area (Å²) in [5, 5.41) is 2.93. The Kier molecular flexibility index (Phi) is 5.16. The number of rotatable bonds is 6. The lowest BCUT2D eigenvalue weighted by atomic mass is 9.89. The molecule has 0 bridgehead atoms. The van der Waals surface area contributed by atoms with E-state index >= 15 is 0 Å². The molecule has 1 aromatic rings. The van der Waals surface area contributed by atoms with Crippen molar-refractivity contribution in [3.8, 4) is 5.75 Å². The van der Waals surface area contributed by atoms with Crippen molar-refractivity contribution in [2.24, 2.45) is 11.1 Å². The highest BCUT2D eigenvalue weighted by molar-refractivity contribution is 5.94. The van der Waals surface area contributed by atoms with Gasteiger partial charge in [0.15, 0.2) is 0 Å². The van der Waals surface area contributed by atoms with Crippen molar-refractivity contribution < 1.29 is 9.53 Å². The van der Waals surface area contributed by atoms with Gasteiger partial charge in [0.2, 0.25) is 0 Å². The average Bonchev–Trinajstić information content (AvgIpc) is 2.36. The van der Waals surface area contributed by atoms with Crippen molar-refractivity contribution in [1.82, 2.24) is 5.32 Å². The van der Waals surface area contributed by atoms with Gasteiger partial charge in [-0.15, -0.1) is 0 Å². The molecule has 0 radical (unpaired) electrons. The Bertz CT molecular complexity index is 385. The van der Waals surface area contributed by atoms with Gasteiger partial charge in [-0.25, -0.2) is 0 Å². The van der Waals surface area contributed by atoms with Gasteiger partial charge < -0.3 is 15.8 Å². The van der Waals surface area contributed by atoms with E-state index in [0.29, 0.717) is 18.7 Å². The van der Waals surface area contributed by atoms with E-state index in [0.717, 1.165) is 12.2 Å². The van der Waals surface area contributed by atoms with Gasteiger partial charge in [0.1, 0.15) is 5.75 Å². The van der Waals surface area contributed by atoms with Gasteiger partial charge in [0, 0.05) is 12.1 Å². The fourth-order valence-electron chi connectivity index (χ4n) is 1.64. The molecule has 1 aromatic carbocycles. The number of nitrogens with two attached hydrogens (primary N) is 1. The molecule has 0 fully saturated rings. The minimum atomic E-state index is -0.0669. The molecule has 0 aliphatic heterocycles. The molecule has 0 aliphatic carbocycles. The normalized spacial score (nSPS) is 11.1. The van der Waals surface area contributed by atoms with Crippen LogP contribution in [0.15, 0.2) is 24.3 Å². The molecule has 1 amide bonds. The minimum absolute atomic E-state index is 0.0247. The summed E-state index contributed by atoms with van der Waals surface area (Å²) in [6.45, 7) is 5.43. The second kappa shape index (κ2) is 6.40. The zero-order valence-corrected chi connectivity index (χ0v) is 11.3. The van der Waals surface area contributed by atoms with Gasteiger partial charge in [-0.1, -0.05) is 13.8 Å². The van der Waals surface area contributed by atoms with E-state index < -0.39 is 0 Å². The van der Waals surface area contributed by atoms with E-state index in [1.807, 2.05) is 0 Å². The molecule has 100 valence electrons. The first-order valence-electron chi connectivity index (χ1n) is 6.11. The van der Waals surface area contributed by atoms with Crippen LogP contribution >= 0.6 is 0 Å². The quantitative estimate of drug-likeness (QED) is 0.809. The lowest BCUT2D eigenvalue weighted by molar-refractivity contribution is 0.0935. The van der Waals surface area contributed by atoms with E-state index in [9.17, 15) is 4.79 Å². The summed E-state index contributed by atoms with van der Waals surface area (Å²) >= 11 is 0. The third-order valence-corrected chi connectivity index (χ3v) is 2.90. The first kappa shape index (κ1) is 14.5. The summed E-state index contributed by atoms with van der Waals surface area (Å²) in [5.41, 5.74) is 6.20. The Hall–Kier alpha value is -1.55. The van der Waals surface area contributed by atoms with Crippen LogP contribution in [-0.2, 0) is 0 Å². The average molecular weight is 250 g/mol. The summed E-state index contributed by atoms with van der Waals surface area (Å²) in [5.74, 6) is 0.678. The van der Waals surface area contributed by atoms with Gasteiger partial charge >= 0.3 is 0 Å². The largest absolute Gasteiger partial charge is 0.497 e. The second-order valence-corrected chi connectivity index (χ2v) is 5.11. The Morgan fingerprint density at radius 2 is 1.94 bits per heavy atom. The van der Waals surface area contributed by atoms with E-state index in [1.165, 1.54) is 0 Å². The van der Waals surface area contributed by atoms with Crippen LogP contribution in [0.3, 0.4) is 0 Å². The van der Waals surface area contributed by atoms with Gasteiger partial charge in [0.25, 0.3) is 5.91 Å². The van der Waals surface area contributed by atoms with Crippen LogP contribution in [0.4, 0.5) is 0 Å². The predicted molar refractivity (Wildman–Crippen MR) is 72.8 cm³/mol. The molecular weight excluding hydrogens is 228 g/mol. The zero-order valence-electron chi connectivity index (χ0n) is 11.3. The molecule has 0 atom stereocenters. The maximum atomic E-state index is 11.9. The molecule has 3 N–H and O–H groups in total. The number of ether oxygens (including phenoxy) is 1. The van der Waals surface area contributed by atoms with Crippen LogP contribution in [0, 0.1) is 5.41 Å². The number of carbonyl (C=O) groups excluding carboxylic acids is 1. The number of carbonyl (C=O) groups is 1. The van der Waals surface area contributed by atoms with Gasteiger partial charge in [-0.05, 0) is 42.6 Å². The summed E-state index contributed by atoms with van der Waals surface area (Å²) < 4.78 is 5.05. The summed E-state index contributed by atoms with van der Waals surface area (Å²) in [7, 11) is 1.60. The SMILES string of the molecule is COc1ccc(C(=O)NCC(C)(C)CCN)cc1. The highest BCUT2D eigenvalue weighted by Crippen LogP contribution is 2.18. The van der Waals surface area contributed by atoms with E-state index in [4.69, 9.17) is 10.5 Å². The van der Waals surface area contributed by atoms with Gasteiger partial charge in [0.05, 0.1) is 7.11 Å². The summed E-state index contributed by atoms with van der Waals surface area (Å²) in [6, 6.07) is 7.06. The molecule has 1 rings (SSSR count). The molecule has 0 aliphatic rings. The molecule has 0 aromatic heterocycles. The molecule has 4 nitrogen and oxygen atoms in total. The van der Waals surface area contributed by atoms with Crippen LogP contribution in [0.2, 0.25) is 0 Å². The van der Waals surface area contributed by atoms with Crippen LogP contribution < -0.4 is 15.8 Å². The monoisotopic (exact) mass is 250 g/mol. The number of hydrogen-bond acceptors (Lipinski definition) is 3. The highest BCUT2D eigenvalue weighted by Gasteiger charge is 2.18. The van der Waals surface area contributed by atoms with Gasteiger partial charge in [-0.3, -0.25) is 4.79 Å². The number of amides is 1. The van der Waals surface area contributed by atoms with Crippen molar-refractivity contribution in [1.29, 1.82) is 0 Å². The Balaban J connectivity index is 2.54. The summed E-state index contributed by atoms with van der Waals surface area (Å²) in [6.07, 6.45) is 0.885. The number of benzene rings is 1. The molecular formula is C14H22N2O2. The molecule has 0 saturated carbocycles. The topological polar surface area (TPSA) is 64.3 Å². The Morgan fingerprint density at radius 3 is 2.44 bits per heavy atom. The van der Waals surface area contributed by atoms with E-state index in [2.05, 4.69) is 19.2 Å². The van der Waals surface area contributed by atoms with Crippen LogP contribution in [0.25, 0.3) is 0 Å². The van der Waals surface area contributed by atoms with Crippen molar-refractivity contribution in [3.05, 3.63) is 29.8 Å². The first-order valence-corrected chi connectivity index (χ1v) is 6.11. The van der Waals surface area contributed by atoms with Crippen molar-refractivity contribution >= 4 is 5.91 Å². The highest BCUT2D eigenvalue weighted by atomic mass is 16.5. The third kappa shape index (κ3) is 4.37. The maximum Gasteiger partial charge on any atom is 0.251 e. The lowest BCUT2D eigenvalue weighted by Gasteiger charge is -2.24. The molecule has 0 spiro atoms. The molecule has 18 heavy (non-hydrogen) atoms. The standard InChI is InChI=1S/C14H22N2O2/c1-14(2,8-9-15)10-16-13(17)11-4-6-12(18-3)7-5-11/h4-7H,8-10,15H2,1-3H3,(H,16,17). The molecule has 0 saturated heterocycles. The maximum absolute atomic E-state index is 11.9. The van der Waals surface area contributed by atoms with Gasteiger partial charge in [-0.2, -0.15) is 0 Å². The molecule has 0 unspecified atom stereocenters. The predicted octanol–water partition coefficient (Wildman–Crippen LogP) is 1.80. The lowest BCUT2D eigenvalue weighted by Crippen LogP contribution is -2.35. The number of hydrogen-bond donors (Lipinski definition) is 2. The van der Waals surface area contributed by atoms with Crippen LogP contribution in [-0.4, -0.2) is 26.1 Å². The van der Waals surface area contributed by atoms with E-state index in [1.54, 1.807) is 31.4 Å².